The van der Waals surface area contributed by atoms with Crippen LogP contribution < -0.4 is 10.9 Å². The third-order valence-electron chi connectivity index (χ3n) is 3.33. The minimum absolute atomic E-state index is 0.0559. The summed E-state index contributed by atoms with van der Waals surface area (Å²) in [6, 6.07) is 7.95. The highest BCUT2D eigenvalue weighted by Gasteiger charge is 2.16. The molecule has 2 heterocycles. The minimum Gasteiger partial charge on any atom is -0.272 e. The van der Waals surface area contributed by atoms with Gasteiger partial charge >= 0.3 is 5.91 Å². The van der Waals surface area contributed by atoms with Gasteiger partial charge in [-0.25, -0.2) is 13.9 Å². The van der Waals surface area contributed by atoms with Gasteiger partial charge in [0.1, 0.15) is 5.82 Å². The van der Waals surface area contributed by atoms with E-state index in [1.165, 1.54) is 10.6 Å². The molecule has 0 bridgehead atoms. The summed E-state index contributed by atoms with van der Waals surface area (Å²) in [6.45, 7) is 3.63. The SMILES string of the molecule is Cc1cc(C)n2nc(C(=O)NNC(=O)CSc3ccccc3F)nc2n1. The molecule has 0 saturated carbocycles. The summed E-state index contributed by atoms with van der Waals surface area (Å²) in [6.07, 6.45) is 0. The molecule has 3 rings (SSSR count). The van der Waals surface area contributed by atoms with Crippen LogP contribution in [-0.4, -0.2) is 37.1 Å². The Morgan fingerprint density at radius 3 is 2.73 bits per heavy atom. The van der Waals surface area contributed by atoms with Crippen molar-refractivity contribution in [3.8, 4) is 0 Å². The van der Waals surface area contributed by atoms with Gasteiger partial charge in [-0.15, -0.1) is 16.9 Å². The number of hydrogen-bond acceptors (Lipinski definition) is 6. The van der Waals surface area contributed by atoms with E-state index in [-0.39, 0.29) is 11.6 Å². The number of hydrogen-bond donors (Lipinski definition) is 2. The topological polar surface area (TPSA) is 101 Å². The zero-order valence-corrected chi connectivity index (χ0v) is 14.8. The summed E-state index contributed by atoms with van der Waals surface area (Å²) >= 11 is 1.03. The number of rotatable bonds is 4. The maximum absolute atomic E-state index is 13.5. The standard InChI is InChI=1S/C16H15FN6O2S/c1-9-7-10(2)23-16(18-9)19-14(22-23)15(25)21-20-13(24)8-26-12-6-4-3-5-11(12)17/h3-7H,8H2,1-2H3,(H,20,24)(H,21,25). The lowest BCUT2D eigenvalue weighted by Gasteiger charge is -2.05. The number of aromatic nitrogens is 4. The Bertz CT molecular complexity index is 990. The first-order valence-corrected chi connectivity index (χ1v) is 8.60. The molecule has 0 spiro atoms. The fraction of sp³-hybridized carbons (Fsp3) is 0.188. The second-order valence-corrected chi connectivity index (χ2v) is 6.42. The number of hydrazine groups is 1. The lowest BCUT2D eigenvalue weighted by Crippen LogP contribution is -2.43. The summed E-state index contributed by atoms with van der Waals surface area (Å²) in [5.41, 5.74) is 6.02. The quantitative estimate of drug-likeness (QED) is 0.529. The molecule has 0 atom stereocenters. The minimum atomic E-state index is -0.670. The number of fused-ring (bicyclic) bond motifs is 1. The highest BCUT2D eigenvalue weighted by molar-refractivity contribution is 8.00. The molecule has 8 nitrogen and oxygen atoms in total. The van der Waals surface area contributed by atoms with Gasteiger partial charge < -0.3 is 0 Å². The summed E-state index contributed by atoms with van der Waals surface area (Å²) in [7, 11) is 0. The molecule has 10 heteroatoms. The van der Waals surface area contributed by atoms with Gasteiger partial charge in [-0.3, -0.25) is 20.4 Å². The van der Waals surface area contributed by atoms with Crippen LogP contribution >= 0.6 is 11.8 Å². The van der Waals surface area contributed by atoms with E-state index in [0.717, 1.165) is 23.1 Å². The molecule has 0 unspecified atom stereocenters. The molecule has 0 aliphatic carbocycles. The van der Waals surface area contributed by atoms with Gasteiger partial charge in [-0.05, 0) is 32.0 Å². The van der Waals surface area contributed by atoms with Gasteiger partial charge in [0, 0.05) is 16.3 Å². The van der Waals surface area contributed by atoms with Gasteiger partial charge in [0.05, 0.1) is 5.75 Å². The molecule has 134 valence electrons. The predicted octanol–water partition coefficient (Wildman–Crippen LogP) is 1.43. The van der Waals surface area contributed by atoms with Crippen molar-refractivity contribution >= 4 is 29.4 Å². The number of nitrogens with zero attached hydrogens (tertiary/aromatic N) is 4. The van der Waals surface area contributed by atoms with E-state index in [2.05, 4.69) is 25.9 Å². The fourth-order valence-corrected chi connectivity index (χ4v) is 2.93. The van der Waals surface area contributed by atoms with E-state index < -0.39 is 17.6 Å². The van der Waals surface area contributed by atoms with Gasteiger partial charge in [0.15, 0.2) is 0 Å². The number of amides is 2. The maximum atomic E-state index is 13.5. The molecule has 26 heavy (non-hydrogen) atoms. The third-order valence-corrected chi connectivity index (χ3v) is 4.38. The Hall–Kier alpha value is -3.01. The van der Waals surface area contributed by atoms with Crippen LogP contribution in [0.2, 0.25) is 0 Å². The van der Waals surface area contributed by atoms with Gasteiger partial charge in [0.25, 0.3) is 5.78 Å². The fourth-order valence-electron chi connectivity index (χ4n) is 2.19. The molecule has 0 radical (unpaired) electrons. The van der Waals surface area contributed by atoms with Crippen molar-refractivity contribution in [3.63, 3.8) is 0 Å². The average molecular weight is 374 g/mol. The van der Waals surface area contributed by atoms with E-state index >= 15 is 0 Å². The number of halogens is 1. The Kier molecular flexibility index (Phi) is 5.12. The molecule has 3 aromatic rings. The van der Waals surface area contributed by atoms with E-state index in [1.807, 2.05) is 19.9 Å². The predicted molar refractivity (Wildman–Crippen MR) is 93.0 cm³/mol. The first kappa shape index (κ1) is 17.8. The molecule has 0 aliphatic rings. The van der Waals surface area contributed by atoms with Crippen LogP contribution in [0, 0.1) is 19.7 Å². The zero-order chi connectivity index (χ0) is 18.7. The Morgan fingerprint density at radius 1 is 1.19 bits per heavy atom. The number of aryl methyl sites for hydroxylation is 2. The molecular weight excluding hydrogens is 359 g/mol. The van der Waals surface area contributed by atoms with E-state index in [0.29, 0.717) is 10.7 Å². The van der Waals surface area contributed by atoms with Crippen molar-refractivity contribution in [2.45, 2.75) is 18.7 Å². The molecule has 2 aromatic heterocycles. The molecule has 0 saturated heterocycles. The van der Waals surface area contributed by atoms with Crippen molar-refractivity contribution in [2.75, 3.05) is 5.75 Å². The summed E-state index contributed by atoms with van der Waals surface area (Å²) in [4.78, 5) is 32.5. The lowest BCUT2D eigenvalue weighted by molar-refractivity contribution is -0.119. The van der Waals surface area contributed by atoms with E-state index in [9.17, 15) is 14.0 Å². The van der Waals surface area contributed by atoms with Crippen molar-refractivity contribution in [1.29, 1.82) is 0 Å². The smallest absolute Gasteiger partial charge is 0.272 e. The van der Waals surface area contributed by atoms with Crippen molar-refractivity contribution in [3.05, 3.63) is 53.4 Å². The number of benzene rings is 1. The molecule has 2 N–H and O–H groups in total. The second kappa shape index (κ2) is 7.48. The Morgan fingerprint density at radius 2 is 1.96 bits per heavy atom. The summed E-state index contributed by atoms with van der Waals surface area (Å²) in [5, 5.41) is 4.06. The molecule has 2 amide bonds. The maximum Gasteiger partial charge on any atom is 0.309 e. The normalized spacial score (nSPS) is 10.7. The van der Waals surface area contributed by atoms with Crippen LogP contribution in [0.5, 0.6) is 0 Å². The van der Waals surface area contributed by atoms with Gasteiger partial charge in [-0.1, -0.05) is 12.1 Å². The number of carbonyl (C=O) groups excluding carboxylic acids is 2. The Balaban J connectivity index is 1.57. The monoisotopic (exact) mass is 374 g/mol. The number of carbonyl (C=O) groups is 2. The van der Waals surface area contributed by atoms with E-state index in [4.69, 9.17) is 0 Å². The summed E-state index contributed by atoms with van der Waals surface area (Å²) in [5.74, 6) is -1.43. The van der Waals surface area contributed by atoms with Crippen LogP contribution in [-0.2, 0) is 4.79 Å². The van der Waals surface area contributed by atoms with Crippen LogP contribution in [0.4, 0.5) is 4.39 Å². The number of nitrogens with one attached hydrogen (secondary N) is 2. The lowest BCUT2D eigenvalue weighted by atomic mass is 10.3. The first-order chi connectivity index (χ1) is 12.4. The van der Waals surface area contributed by atoms with Crippen molar-refractivity contribution in [2.24, 2.45) is 0 Å². The van der Waals surface area contributed by atoms with Crippen LogP contribution in [0.1, 0.15) is 22.0 Å². The zero-order valence-electron chi connectivity index (χ0n) is 14.0. The van der Waals surface area contributed by atoms with Crippen molar-refractivity contribution < 1.29 is 14.0 Å². The molecule has 1 aromatic carbocycles. The van der Waals surface area contributed by atoms with Gasteiger partial charge in [0.2, 0.25) is 11.7 Å². The number of thioether (sulfide) groups is 1. The molecule has 0 fully saturated rings. The highest BCUT2D eigenvalue weighted by atomic mass is 32.2. The Labute approximate surface area is 152 Å². The highest BCUT2D eigenvalue weighted by Crippen LogP contribution is 2.20. The molecular formula is C16H15FN6O2S. The summed E-state index contributed by atoms with van der Waals surface area (Å²) < 4.78 is 14.9. The largest absolute Gasteiger partial charge is 0.309 e. The van der Waals surface area contributed by atoms with E-state index in [1.54, 1.807) is 18.2 Å². The third kappa shape index (κ3) is 3.97. The van der Waals surface area contributed by atoms with Crippen LogP contribution in [0.3, 0.4) is 0 Å². The van der Waals surface area contributed by atoms with Crippen LogP contribution in [0.25, 0.3) is 5.78 Å². The molecule has 0 aliphatic heterocycles. The van der Waals surface area contributed by atoms with Gasteiger partial charge in [-0.2, -0.15) is 4.98 Å². The average Bonchev–Trinajstić information content (AvgIpc) is 3.03. The first-order valence-electron chi connectivity index (χ1n) is 7.61. The second-order valence-electron chi connectivity index (χ2n) is 5.41. The van der Waals surface area contributed by atoms with Crippen molar-refractivity contribution in [1.82, 2.24) is 30.4 Å². The van der Waals surface area contributed by atoms with Crippen LogP contribution in [0.15, 0.2) is 35.2 Å².